The van der Waals surface area contributed by atoms with E-state index >= 15 is 0 Å². The Morgan fingerprint density at radius 3 is 2.17 bits per heavy atom. The van der Waals surface area contributed by atoms with Gasteiger partial charge in [-0.05, 0) is 36.5 Å². The van der Waals surface area contributed by atoms with E-state index in [-0.39, 0.29) is 24.6 Å². The zero-order chi connectivity index (χ0) is 16.9. The van der Waals surface area contributed by atoms with Crippen molar-refractivity contribution in [1.29, 1.82) is 0 Å². The topological polar surface area (TPSA) is 49.4 Å². The van der Waals surface area contributed by atoms with E-state index in [1.54, 1.807) is 0 Å². The zero-order valence-electron chi connectivity index (χ0n) is 12.2. The van der Waals surface area contributed by atoms with E-state index in [0.29, 0.717) is 25.0 Å². The number of rotatable bonds is 2. The second kappa shape index (κ2) is 5.42. The fraction of sp³-hybridized carbons (Fsp3) is 0.571. The minimum absolute atomic E-state index is 0.116. The summed E-state index contributed by atoms with van der Waals surface area (Å²) in [7, 11) is -4.12. The highest BCUT2D eigenvalue weighted by Gasteiger charge is 2.43. The van der Waals surface area contributed by atoms with Crippen LogP contribution in [0.15, 0.2) is 23.1 Å². The molecule has 1 aromatic rings. The van der Waals surface area contributed by atoms with Crippen molar-refractivity contribution in [2.24, 2.45) is 5.41 Å². The van der Waals surface area contributed by atoms with Gasteiger partial charge < -0.3 is 5.32 Å². The molecule has 1 aromatic carbocycles. The highest BCUT2D eigenvalue weighted by Crippen LogP contribution is 2.37. The monoisotopic (exact) mass is 352 g/mol. The third-order valence-corrected chi connectivity index (χ3v) is 6.59. The summed E-state index contributed by atoms with van der Waals surface area (Å²) in [6.45, 7) is 2.19. The van der Waals surface area contributed by atoms with Gasteiger partial charge in [-0.1, -0.05) is 0 Å². The molecule has 0 aromatic heterocycles. The van der Waals surface area contributed by atoms with Crippen LogP contribution < -0.4 is 5.32 Å². The highest BCUT2D eigenvalue weighted by atomic mass is 32.2. The first-order valence-electron chi connectivity index (χ1n) is 7.22. The molecule has 128 valence electrons. The molecule has 2 aliphatic rings. The number of nitrogens with zero attached hydrogens (tertiary/aromatic N) is 1. The number of hydrogen-bond acceptors (Lipinski definition) is 3. The van der Waals surface area contributed by atoms with Crippen LogP contribution >= 0.6 is 0 Å². The van der Waals surface area contributed by atoms with Crippen LogP contribution in [0.25, 0.3) is 0 Å². The molecule has 3 rings (SSSR count). The minimum atomic E-state index is -4.71. The molecular formula is C14H16F4N2O2S. The van der Waals surface area contributed by atoms with Gasteiger partial charge in [0.25, 0.3) is 0 Å². The molecule has 1 N–H and O–H groups in total. The highest BCUT2D eigenvalue weighted by molar-refractivity contribution is 7.89. The Hall–Kier alpha value is -1.19. The summed E-state index contributed by atoms with van der Waals surface area (Å²) in [4.78, 5) is -0.701. The Kier molecular flexibility index (Phi) is 3.93. The molecule has 0 radical (unpaired) electrons. The van der Waals surface area contributed by atoms with E-state index in [9.17, 15) is 26.0 Å². The van der Waals surface area contributed by atoms with Crippen LogP contribution in [-0.2, 0) is 16.2 Å². The van der Waals surface area contributed by atoms with E-state index in [1.807, 2.05) is 0 Å². The van der Waals surface area contributed by atoms with Gasteiger partial charge >= 0.3 is 6.18 Å². The van der Waals surface area contributed by atoms with Crippen molar-refractivity contribution in [3.8, 4) is 0 Å². The number of hydrogen-bond donors (Lipinski definition) is 1. The molecule has 0 amide bonds. The van der Waals surface area contributed by atoms with Crippen molar-refractivity contribution in [1.82, 2.24) is 9.62 Å². The van der Waals surface area contributed by atoms with Crippen LogP contribution in [-0.4, -0.2) is 38.9 Å². The molecule has 1 spiro atoms. The molecule has 2 fully saturated rings. The number of piperidine rings is 1. The first kappa shape index (κ1) is 16.7. The number of nitrogens with one attached hydrogen (secondary N) is 1. The summed E-state index contributed by atoms with van der Waals surface area (Å²) in [5.41, 5.74) is -1.09. The molecule has 2 heterocycles. The van der Waals surface area contributed by atoms with Gasteiger partial charge in [-0.2, -0.15) is 17.5 Å². The number of benzene rings is 1. The molecule has 4 nitrogen and oxygen atoms in total. The Bertz CT molecular complexity index is 704. The largest absolute Gasteiger partial charge is 0.416 e. The smallest absolute Gasteiger partial charge is 0.316 e. The molecule has 23 heavy (non-hydrogen) atoms. The third kappa shape index (κ3) is 2.97. The minimum Gasteiger partial charge on any atom is -0.316 e. The normalized spacial score (nSPS) is 22.1. The average Bonchev–Trinajstić information content (AvgIpc) is 2.44. The lowest BCUT2D eigenvalue weighted by Gasteiger charge is -2.47. The first-order valence-corrected chi connectivity index (χ1v) is 8.66. The summed E-state index contributed by atoms with van der Waals surface area (Å²) < 4.78 is 77.7. The number of sulfonamides is 1. The van der Waals surface area contributed by atoms with Crippen LogP contribution in [0.2, 0.25) is 0 Å². The molecule has 2 saturated heterocycles. The van der Waals surface area contributed by atoms with E-state index in [1.165, 1.54) is 0 Å². The maximum Gasteiger partial charge on any atom is 0.416 e. The molecule has 9 heteroatoms. The van der Waals surface area contributed by atoms with E-state index in [0.717, 1.165) is 17.4 Å². The van der Waals surface area contributed by atoms with Gasteiger partial charge in [-0.3, -0.25) is 0 Å². The molecular weight excluding hydrogens is 336 g/mol. The quantitative estimate of drug-likeness (QED) is 0.831. The van der Waals surface area contributed by atoms with E-state index in [2.05, 4.69) is 5.32 Å². The van der Waals surface area contributed by atoms with Crippen molar-refractivity contribution in [2.45, 2.75) is 23.9 Å². The first-order chi connectivity index (χ1) is 10.6. The Labute approximate surface area is 131 Å². The predicted octanol–water partition coefficient (Wildman–Crippen LogP) is 2.22. The summed E-state index contributed by atoms with van der Waals surface area (Å²) in [6, 6.07) is 1.52. The van der Waals surface area contributed by atoms with Crippen molar-refractivity contribution in [3.63, 3.8) is 0 Å². The van der Waals surface area contributed by atoms with Gasteiger partial charge in [0.2, 0.25) is 10.0 Å². The second-order valence-electron chi connectivity index (χ2n) is 6.15. The molecule has 0 saturated carbocycles. The molecule has 0 unspecified atom stereocenters. The van der Waals surface area contributed by atoms with Crippen LogP contribution in [0.5, 0.6) is 0 Å². The Morgan fingerprint density at radius 1 is 1.13 bits per heavy atom. The fourth-order valence-electron chi connectivity index (χ4n) is 3.06. The van der Waals surface area contributed by atoms with Gasteiger partial charge in [0.15, 0.2) is 0 Å². The van der Waals surface area contributed by atoms with Crippen molar-refractivity contribution >= 4 is 10.0 Å². The van der Waals surface area contributed by atoms with Crippen LogP contribution in [0, 0.1) is 11.2 Å². The fourth-order valence-corrected chi connectivity index (χ4v) is 4.55. The van der Waals surface area contributed by atoms with Gasteiger partial charge in [0.05, 0.1) is 5.56 Å². The van der Waals surface area contributed by atoms with Gasteiger partial charge in [0, 0.05) is 26.2 Å². The standard InChI is InChI=1S/C14H16F4N2O2S/c15-11-7-10(14(16,17)18)1-2-12(11)23(21,22)20-5-3-13(4-6-20)8-19-9-13/h1-2,7,19H,3-6,8-9H2. The van der Waals surface area contributed by atoms with Gasteiger partial charge in [-0.15, -0.1) is 0 Å². The second-order valence-corrected chi connectivity index (χ2v) is 8.06. The SMILES string of the molecule is O=S(=O)(c1ccc(C(F)(F)F)cc1F)N1CCC2(CC1)CNC2. The van der Waals surface area contributed by atoms with E-state index < -0.39 is 32.5 Å². The molecule has 0 bridgehead atoms. The lowest BCUT2D eigenvalue weighted by Crippen LogP contribution is -2.58. The summed E-state index contributed by atoms with van der Waals surface area (Å²) in [6.07, 6.45) is -3.37. The number of halogens is 4. The van der Waals surface area contributed by atoms with Gasteiger partial charge in [0.1, 0.15) is 10.7 Å². The maximum absolute atomic E-state index is 13.9. The molecule has 2 aliphatic heterocycles. The predicted molar refractivity (Wildman–Crippen MR) is 74.7 cm³/mol. The summed E-state index contributed by atoms with van der Waals surface area (Å²) in [5.74, 6) is -1.37. The molecule has 0 aliphatic carbocycles. The Morgan fingerprint density at radius 2 is 1.74 bits per heavy atom. The van der Waals surface area contributed by atoms with Crippen LogP contribution in [0.3, 0.4) is 0 Å². The average molecular weight is 352 g/mol. The van der Waals surface area contributed by atoms with Crippen LogP contribution in [0.1, 0.15) is 18.4 Å². The van der Waals surface area contributed by atoms with Crippen molar-refractivity contribution in [3.05, 3.63) is 29.6 Å². The maximum atomic E-state index is 13.9. The number of alkyl halides is 3. The third-order valence-electron chi connectivity index (χ3n) is 4.66. The summed E-state index contributed by atoms with van der Waals surface area (Å²) in [5, 5.41) is 3.15. The molecule has 0 atom stereocenters. The van der Waals surface area contributed by atoms with Crippen molar-refractivity contribution < 1.29 is 26.0 Å². The zero-order valence-corrected chi connectivity index (χ0v) is 13.0. The summed E-state index contributed by atoms with van der Waals surface area (Å²) >= 11 is 0. The lowest BCUT2D eigenvalue weighted by atomic mass is 9.74. The van der Waals surface area contributed by atoms with Crippen molar-refractivity contribution in [2.75, 3.05) is 26.2 Å². The Balaban J connectivity index is 1.83. The van der Waals surface area contributed by atoms with Gasteiger partial charge in [-0.25, -0.2) is 12.8 Å². The van der Waals surface area contributed by atoms with Crippen LogP contribution in [0.4, 0.5) is 17.6 Å². The lowest BCUT2D eigenvalue weighted by molar-refractivity contribution is -0.137. The van der Waals surface area contributed by atoms with E-state index in [4.69, 9.17) is 0 Å².